The van der Waals surface area contributed by atoms with Gasteiger partial charge in [-0.15, -0.1) is 0 Å². The lowest BCUT2D eigenvalue weighted by Crippen LogP contribution is -2.42. The summed E-state index contributed by atoms with van der Waals surface area (Å²) in [4.78, 5) is 18.2. The highest BCUT2D eigenvalue weighted by Crippen LogP contribution is 2.15. The summed E-state index contributed by atoms with van der Waals surface area (Å²) in [7, 11) is 0. The van der Waals surface area contributed by atoms with Crippen molar-refractivity contribution in [1.82, 2.24) is 15.2 Å². The second-order valence-electron chi connectivity index (χ2n) is 5.35. The zero-order valence-electron chi connectivity index (χ0n) is 12.0. The molecule has 0 aliphatic rings. The first-order valence-electron chi connectivity index (χ1n) is 6.63. The average Bonchev–Trinajstić information content (AvgIpc) is 2.35. The molecule has 0 atom stereocenters. The third-order valence-electron chi connectivity index (χ3n) is 2.52. The Balaban J connectivity index is 2.63. The lowest BCUT2D eigenvalue weighted by Gasteiger charge is -2.28. The van der Waals surface area contributed by atoms with Gasteiger partial charge in [-0.2, -0.15) is 25.3 Å². The van der Waals surface area contributed by atoms with E-state index in [-0.39, 0.29) is 10.7 Å². The molecule has 0 fully saturated rings. The van der Waals surface area contributed by atoms with Crippen LogP contribution >= 0.6 is 25.3 Å². The van der Waals surface area contributed by atoms with Crippen molar-refractivity contribution in [1.29, 1.82) is 0 Å². The molecule has 1 N–H and O–H groups in total. The van der Waals surface area contributed by atoms with E-state index in [1.165, 1.54) is 0 Å². The molecule has 1 amide bonds. The van der Waals surface area contributed by atoms with Crippen LogP contribution in [0.1, 0.15) is 19.5 Å². The molecule has 0 unspecified atom stereocenters. The van der Waals surface area contributed by atoms with Gasteiger partial charge in [-0.1, -0.05) is 6.07 Å². The summed E-state index contributed by atoms with van der Waals surface area (Å²) in [6.07, 6.45) is 1.76. The molecule has 1 rings (SSSR count). The largest absolute Gasteiger partial charge is 0.354 e. The average molecular weight is 313 g/mol. The van der Waals surface area contributed by atoms with Gasteiger partial charge in [-0.05, 0) is 26.0 Å². The van der Waals surface area contributed by atoms with E-state index in [0.29, 0.717) is 31.9 Å². The van der Waals surface area contributed by atoms with E-state index in [1.54, 1.807) is 6.20 Å². The molecule has 1 heterocycles. The Morgan fingerprint density at radius 2 is 2.20 bits per heavy atom. The minimum absolute atomic E-state index is 0.00700. The summed E-state index contributed by atoms with van der Waals surface area (Å²) in [6.45, 7) is 6.35. The highest BCUT2D eigenvalue weighted by atomic mass is 32.1. The van der Waals surface area contributed by atoms with Gasteiger partial charge in [0.15, 0.2) is 0 Å². The van der Waals surface area contributed by atoms with Crippen LogP contribution in [0.3, 0.4) is 0 Å². The summed E-state index contributed by atoms with van der Waals surface area (Å²) < 4.78 is -0.168. The van der Waals surface area contributed by atoms with E-state index in [0.717, 1.165) is 5.69 Å². The van der Waals surface area contributed by atoms with E-state index in [1.807, 2.05) is 32.0 Å². The molecule has 112 valence electrons. The van der Waals surface area contributed by atoms with Gasteiger partial charge in [-0.3, -0.25) is 14.7 Å². The molecule has 0 aromatic carbocycles. The first-order chi connectivity index (χ1) is 9.40. The number of carbonyl (C=O) groups excluding carboxylic acids is 1. The zero-order valence-corrected chi connectivity index (χ0v) is 13.8. The van der Waals surface area contributed by atoms with Crippen molar-refractivity contribution in [2.24, 2.45) is 0 Å². The molecule has 1 aromatic heterocycles. The van der Waals surface area contributed by atoms with Gasteiger partial charge in [0.2, 0.25) is 5.91 Å². The molecule has 0 bridgehead atoms. The van der Waals surface area contributed by atoms with Crippen LogP contribution in [-0.4, -0.2) is 45.9 Å². The third-order valence-corrected chi connectivity index (χ3v) is 2.89. The van der Waals surface area contributed by atoms with Gasteiger partial charge in [0, 0.05) is 36.3 Å². The first kappa shape index (κ1) is 17.3. The van der Waals surface area contributed by atoms with E-state index in [2.05, 4.69) is 40.5 Å². The summed E-state index contributed by atoms with van der Waals surface area (Å²) in [5.41, 5.74) is 0.951. The molecule has 6 heteroatoms. The Kier molecular flexibility index (Phi) is 7.40. The fourth-order valence-electron chi connectivity index (χ4n) is 1.89. The topological polar surface area (TPSA) is 45.2 Å². The van der Waals surface area contributed by atoms with Crippen molar-refractivity contribution in [2.45, 2.75) is 25.1 Å². The zero-order chi connectivity index (χ0) is 15.0. The molecule has 4 nitrogen and oxygen atoms in total. The maximum absolute atomic E-state index is 11.9. The van der Waals surface area contributed by atoms with Crippen molar-refractivity contribution >= 4 is 31.2 Å². The van der Waals surface area contributed by atoms with Crippen LogP contribution in [-0.2, 0) is 11.3 Å². The summed E-state index contributed by atoms with van der Waals surface area (Å²) >= 11 is 8.63. The normalized spacial score (nSPS) is 11.7. The lowest BCUT2D eigenvalue weighted by atomic mass is 10.2. The third kappa shape index (κ3) is 7.77. The van der Waals surface area contributed by atoms with Gasteiger partial charge in [-0.25, -0.2) is 0 Å². The lowest BCUT2D eigenvalue weighted by molar-refractivity contribution is -0.122. The molecule has 20 heavy (non-hydrogen) atoms. The van der Waals surface area contributed by atoms with Gasteiger partial charge in [0.05, 0.1) is 12.2 Å². The van der Waals surface area contributed by atoms with Crippen LogP contribution in [0.15, 0.2) is 24.4 Å². The predicted molar refractivity (Wildman–Crippen MR) is 89.4 cm³/mol. The number of aromatic nitrogens is 1. The van der Waals surface area contributed by atoms with Gasteiger partial charge < -0.3 is 5.32 Å². The minimum Gasteiger partial charge on any atom is -0.354 e. The Morgan fingerprint density at radius 3 is 2.75 bits per heavy atom. The van der Waals surface area contributed by atoms with Gasteiger partial charge >= 0.3 is 0 Å². The summed E-state index contributed by atoms with van der Waals surface area (Å²) in [6, 6.07) is 5.80. The standard InChI is InChI=1S/C14H23N3OS2/c1-14(2,20)11-17(10-13(18)16-7-8-19)9-12-5-3-4-6-15-12/h3-6,19-20H,7-11H2,1-2H3,(H,16,18). The number of hydrogen-bond acceptors (Lipinski definition) is 5. The molecule has 0 saturated heterocycles. The second-order valence-corrected chi connectivity index (χ2v) is 7.01. The van der Waals surface area contributed by atoms with Gasteiger partial charge in [0.1, 0.15) is 0 Å². The van der Waals surface area contributed by atoms with Crippen molar-refractivity contribution < 1.29 is 4.79 Å². The van der Waals surface area contributed by atoms with Gasteiger partial charge in [0.25, 0.3) is 0 Å². The van der Waals surface area contributed by atoms with Crippen LogP contribution in [0.25, 0.3) is 0 Å². The Labute approximate surface area is 132 Å². The molecule has 0 aliphatic heterocycles. The predicted octanol–water partition coefficient (Wildman–Crippen LogP) is 1.64. The SMILES string of the molecule is CC(C)(S)CN(CC(=O)NCCS)Cc1ccccn1. The van der Waals surface area contributed by atoms with Crippen molar-refractivity contribution in [3.63, 3.8) is 0 Å². The van der Waals surface area contributed by atoms with Crippen molar-refractivity contribution in [3.8, 4) is 0 Å². The minimum atomic E-state index is -0.168. The Morgan fingerprint density at radius 1 is 1.45 bits per heavy atom. The highest BCUT2D eigenvalue weighted by molar-refractivity contribution is 7.81. The number of rotatable bonds is 8. The van der Waals surface area contributed by atoms with E-state index < -0.39 is 0 Å². The van der Waals surface area contributed by atoms with E-state index >= 15 is 0 Å². The number of nitrogens with one attached hydrogen (secondary N) is 1. The molecule has 0 spiro atoms. The number of thiol groups is 2. The first-order valence-corrected chi connectivity index (χ1v) is 7.71. The molecule has 0 aliphatic carbocycles. The summed E-state index contributed by atoms with van der Waals surface area (Å²) in [5.74, 6) is 0.650. The summed E-state index contributed by atoms with van der Waals surface area (Å²) in [5, 5.41) is 2.83. The van der Waals surface area contributed by atoms with Crippen molar-refractivity contribution in [2.75, 3.05) is 25.4 Å². The number of pyridine rings is 1. The molecule has 0 radical (unpaired) electrons. The number of carbonyl (C=O) groups is 1. The quantitative estimate of drug-likeness (QED) is 0.639. The van der Waals surface area contributed by atoms with Crippen LogP contribution < -0.4 is 5.32 Å². The Hall–Kier alpha value is -0.720. The molecular weight excluding hydrogens is 290 g/mol. The smallest absolute Gasteiger partial charge is 0.234 e. The molecular formula is C14H23N3OS2. The Bertz CT molecular complexity index is 407. The number of amides is 1. The molecule has 0 saturated carbocycles. The van der Waals surface area contributed by atoms with E-state index in [4.69, 9.17) is 0 Å². The van der Waals surface area contributed by atoms with Crippen molar-refractivity contribution in [3.05, 3.63) is 30.1 Å². The maximum Gasteiger partial charge on any atom is 0.234 e. The second kappa shape index (κ2) is 8.54. The van der Waals surface area contributed by atoms with Crippen LogP contribution in [0.5, 0.6) is 0 Å². The fraction of sp³-hybridized carbons (Fsp3) is 0.571. The monoisotopic (exact) mass is 313 g/mol. The number of nitrogens with zero attached hydrogens (tertiary/aromatic N) is 2. The van der Waals surface area contributed by atoms with E-state index in [9.17, 15) is 4.79 Å². The van der Waals surface area contributed by atoms with Crippen LogP contribution in [0.2, 0.25) is 0 Å². The highest BCUT2D eigenvalue weighted by Gasteiger charge is 2.20. The maximum atomic E-state index is 11.9. The fourth-order valence-corrected chi connectivity index (χ4v) is 2.20. The van der Waals surface area contributed by atoms with Crippen LogP contribution in [0, 0.1) is 0 Å². The number of hydrogen-bond donors (Lipinski definition) is 3. The molecule has 1 aromatic rings. The van der Waals surface area contributed by atoms with Crippen LogP contribution in [0.4, 0.5) is 0 Å².